The topological polar surface area (TPSA) is 117 Å². The highest BCUT2D eigenvalue weighted by molar-refractivity contribution is 5.90. The van der Waals surface area contributed by atoms with Crippen molar-refractivity contribution in [2.45, 2.75) is 73.0 Å². The van der Waals surface area contributed by atoms with Crippen molar-refractivity contribution < 1.29 is 14.6 Å². The van der Waals surface area contributed by atoms with Crippen LogP contribution in [0.2, 0.25) is 0 Å². The van der Waals surface area contributed by atoms with Gasteiger partial charge in [-0.25, -0.2) is 4.98 Å². The van der Waals surface area contributed by atoms with Crippen LogP contribution in [0.15, 0.2) is 9.79 Å². The van der Waals surface area contributed by atoms with Crippen LogP contribution in [-0.4, -0.2) is 46.0 Å². The van der Waals surface area contributed by atoms with Crippen molar-refractivity contribution in [2.75, 3.05) is 11.9 Å². The first-order valence-corrected chi connectivity index (χ1v) is 9.90. The summed E-state index contributed by atoms with van der Waals surface area (Å²) in [6, 6.07) is 0. The quantitative estimate of drug-likeness (QED) is 0.641. The standard InChI is InChI=1S/C14H22N4O2.C6H12O2/c1-6-9(4)7-15-11-10(5)16-14(18-13(11)20)17-12(19)8(2)3;1-5-2-3-6(4-7)8-5/h7-9H,6H2,1-5H3,(H2,16,17,18,19,20);5-7H,2-4H2,1H3. The van der Waals surface area contributed by atoms with Gasteiger partial charge in [-0.15, -0.1) is 0 Å². The lowest BCUT2D eigenvalue weighted by Crippen LogP contribution is -2.22. The molecule has 3 unspecified atom stereocenters. The van der Waals surface area contributed by atoms with Crippen LogP contribution in [0.1, 0.15) is 59.6 Å². The van der Waals surface area contributed by atoms with Crippen LogP contribution in [0, 0.1) is 18.8 Å². The summed E-state index contributed by atoms with van der Waals surface area (Å²) in [5.74, 6) is 0.0925. The molecule has 8 nitrogen and oxygen atoms in total. The van der Waals surface area contributed by atoms with Crippen molar-refractivity contribution in [1.29, 1.82) is 0 Å². The lowest BCUT2D eigenvalue weighted by Gasteiger charge is -2.08. The van der Waals surface area contributed by atoms with Crippen molar-refractivity contribution in [3.8, 4) is 0 Å². The number of aromatic amines is 1. The number of amides is 1. The Kier molecular flexibility index (Phi) is 10.0. The fourth-order valence-corrected chi connectivity index (χ4v) is 2.38. The summed E-state index contributed by atoms with van der Waals surface area (Å²) in [7, 11) is 0. The van der Waals surface area contributed by atoms with Crippen LogP contribution in [0.5, 0.6) is 0 Å². The Morgan fingerprint density at radius 3 is 2.54 bits per heavy atom. The number of rotatable bonds is 6. The van der Waals surface area contributed by atoms with E-state index in [1.165, 1.54) is 0 Å². The van der Waals surface area contributed by atoms with Gasteiger partial charge in [0.15, 0.2) is 0 Å². The number of nitrogens with one attached hydrogen (secondary N) is 2. The Hall–Kier alpha value is -2.06. The molecule has 158 valence electrons. The second-order valence-electron chi connectivity index (χ2n) is 7.48. The molecule has 1 aromatic rings. The number of hydrogen-bond acceptors (Lipinski definition) is 6. The predicted molar refractivity (Wildman–Crippen MR) is 111 cm³/mol. The number of carbonyl (C=O) groups excluding carboxylic acids is 1. The molecule has 0 aromatic carbocycles. The molecule has 0 spiro atoms. The first-order chi connectivity index (χ1) is 13.2. The Labute approximate surface area is 166 Å². The average molecular weight is 395 g/mol. The fourth-order valence-electron chi connectivity index (χ4n) is 2.38. The number of anilines is 1. The summed E-state index contributed by atoms with van der Waals surface area (Å²) in [5.41, 5.74) is 0.427. The Bertz CT molecular complexity index is 715. The summed E-state index contributed by atoms with van der Waals surface area (Å²) in [6.45, 7) is 11.5. The zero-order chi connectivity index (χ0) is 21.3. The van der Waals surface area contributed by atoms with Crippen LogP contribution >= 0.6 is 0 Å². The lowest BCUT2D eigenvalue weighted by molar-refractivity contribution is -0.118. The van der Waals surface area contributed by atoms with Gasteiger partial charge in [-0.3, -0.25) is 24.9 Å². The van der Waals surface area contributed by atoms with Crippen LogP contribution in [0.3, 0.4) is 0 Å². The molecule has 1 aliphatic heterocycles. The number of aliphatic hydroxyl groups excluding tert-OH is 1. The molecule has 0 radical (unpaired) electrons. The SMILES string of the molecule is CC1CCC(CO)O1.CCC(C)C=Nc1c(C)nc(NC(=O)C(C)C)[nH]c1=O. The Morgan fingerprint density at radius 2 is 2.11 bits per heavy atom. The largest absolute Gasteiger partial charge is 0.394 e. The van der Waals surface area contributed by atoms with E-state index in [1.807, 2.05) is 13.8 Å². The van der Waals surface area contributed by atoms with Gasteiger partial charge >= 0.3 is 0 Å². The summed E-state index contributed by atoms with van der Waals surface area (Å²) in [6.07, 6.45) is 5.32. The lowest BCUT2D eigenvalue weighted by atomic mass is 10.1. The van der Waals surface area contributed by atoms with E-state index in [0.29, 0.717) is 17.7 Å². The molecule has 2 rings (SSSR count). The zero-order valence-corrected chi connectivity index (χ0v) is 17.8. The molecule has 0 saturated carbocycles. The molecular weight excluding hydrogens is 360 g/mol. The molecule has 1 amide bonds. The van der Waals surface area contributed by atoms with Crippen molar-refractivity contribution in [3.63, 3.8) is 0 Å². The number of H-pyrrole nitrogens is 1. The third kappa shape index (κ3) is 7.90. The van der Waals surface area contributed by atoms with E-state index in [9.17, 15) is 9.59 Å². The van der Waals surface area contributed by atoms with E-state index in [2.05, 4.69) is 27.2 Å². The minimum Gasteiger partial charge on any atom is -0.394 e. The first-order valence-electron chi connectivity index (χ1n) is 9.90. The zero-order valence-electron chi connectivity index (χ0n) is 17.8. The first kappa shape index (κ1) is 24.0. The van der Waals surface area contributed by atoms with Gasteiger partial charge in [0, 0.05) is 12.1 Å². The molecule has 0 bridgehead atoms. The Morgan fingerprint density at radius 1 is 1.43 bits per heavy atom. The van der Waals surface area contributed by atoms with Crippen LogP contribution in [0.4, 0.5) is 11.6 Å². The van der Waals surface area contributed by atoms with Gasteiger partial charge in [0.2, 0.25) is 11.9 Å². The van der Waals surface area contributed by atoms with E-state index in [1.54, 1.807) is 27.0 Å². The van der Waals surface area contributed by atoms with Crippen LogP contribution in [0.25, 0.3) is 0 Å². The van der Waals surface area contributed by atoms with E-state index >= 15 is 0 Å². The fraction of sp³-hybridized carbons (Fsp3) is 0.700. The van der Waals surface area contributed by atoms with Crippen molar-refractivity contribution in [2.24, 2.45) is 16.8 Å². The minimum atomic E-state index is -0.351. The third-order valence-corrected chi connectivity index (χ3v) is 4.46. The van der Waals surface area contributed by atoms with Gasteiger partial charge in [-0.1, -0.05) is 27.7 Å². The van der Waals surface area contributed by atoms with E-state index in [-0.39, 0.29) is 41.7 Å². The highest BCUT2D eigenvalue weighted by Gasteiger charge is 2.20. The highest BCUT2D eigenvalue weighted by atomic mass is 16.5. The number of aromatic nitrogens is 2. The number of ether oxygens (including phenoxy) is 1. The molecule has 2 heterocycles. The van der Waals surface area contributed by atoms with E-state index in [0.717, 1.165) is 19.3 Å². The smallest absolute Gasteiger partial charge is 0.278 e. The average Bonchev–Trinajstić information content (AvgIpc) is 3.06. The number of carbonyl (C=O) groups is 1. The molecule has 0 aliphatic carbocycles. The predicted octanol–water partition coefficient (Wildman–Crippen LogP) is 2.97. The number of aryl methyl sites for hydroxylation is 1. The van der Waals surface area contributed by atoms with Gasteiger partial charge in [-0.05, 0) is 39.0 Å². The second-order valence-corrected chi connectivity index (χ2v) is 7.48. The molecular formula is C20H34N4O4. The molecule has 1 aliphatic rings. The van der Waals surface area contributed by atoms with Gasteiger partial charge in [0.05, 0.1) is 24.5 Å². The monoisotopic (exact) mass is 394 g/mol. The number of hydrogen-bond donors (Lipinski definition) is 3. The molecule has 1 aromatic heterocycles. The summed E-state index contributed by atoms with van der Waals surface area (Å²) < 4.78 is 5.26. The number of aliphatic hydroxyl groups is 1. The normalized spacial score (nSPS) is 20.1. The van der Waals surface area contributed by atoms with Gasteiger partial charge in [0.1, 0.15) is 5.69 Å². The summed E-state index contributed by atoms with van der Waals surface area (Å²) in [4.78, 5) is 34.4. The number of aliphatic imine (C=N–C) groups is 1. The second kappa shape index (κ2) is 11.7. The van der Waals surface area contributed by atoms with Crippen LogP contribution in [-0.2, 0) is 9.53 Å². The van der Waals surface area contributed by atoms with Gasteiger partial charge in [0.25, 0.3) is 5.56 Å². The van der Waals surface area contributed by atoms with E-state index < -0.39 is 0 Å². The molecule has 1 saturated heterocycles. The van der Waals surface area contributed by atoms with Crippen LogP contribution < -0.4 is 10.9 Å². The highest BCUT2D eigenvalue weighted by Crippen LogP contribution is 2.17. The minimum absolute atomic E-state index is 0.130. The molecule has 28 heavy (non-hydrogen) atoms. The maximum atomic E-state index is 12.0. The number of nitrogens with zero attached hydrogens (tertiary/aromatic N) is 2. The molecule has 1 fully saturated rings. The molecule has 8 heteroatoms. The van der Waals surface area contributed by atoms with E-state index in [4.69, 9.17) is 9.84 Å². The van der Waals surface area contributed by atoms with Crippen molar-refractivity contribution in [3.05, 3.63) is 16.0 Å². The molecule has 3 atom stereocenters. The third-order valence-electron chi connectivity index (χ3n) is 4.46. The Balaban J connectivity index is 0.000000406. The maximum absolute atomic E-state index is 12.0. The maximum Gasteiger partial charge on any atom is 0.278 e. The van der Waals surface area contributed by atoms with Crippen molar-refractivity contribution >= 4 is 23.8 Å². The van der Waals surface area contributed by atoms with Crippen molar-refractivity contribution in [1.82, 2.24) is 9.97 Å². The summed E-state index contributed by atoms with van der Waals surface area (Å²) >= 11 is 0. The summed E-state index contributed by atoms with van der Waals surface area (Å²) in [5, 5.41) is 11.1. The molecule has 3 N–H and O–H groups in total. The van der Waals surface area contributed by atoms with Gasteiger partial charge in [-0.2, -0.15) is 0 Å². The van der Waals surface area contributed by atoms with Gasteiger partial charge < -0.3 is 9.84 Å².